The van der Waals surface area contributed by atoms with E-state index in [9.17, 15) is 9.59 Å². The Morgan fingerprint density at radius 1 is 1.28 bits per heavy atom. The van der Waals surface area contributed by atoms with Crippen molar-refractivity contribution in [1.82, 2.24) is 9.78 Å². The number of amides is 1. The van der Waals surface area contributed by atoms with Gasteiger partial charge in [-0.1, -0.05) is 18.2 Å². The lowest BCUT2D eigenvalue weighted by atomic mass is 10.1. The third-order valence-electron chi connectivity index (χ3n) is 5.45. The molecule has 7 heteroatoms. The van der Waals surface area contributed by atoms with Gasteiger partial charge in [0.05, 0.1) is 5.69 Å². The number of carbonyl (C=O) groups excluding carboxylic acids is 1. The van der Waals surface area contributed by atoms with Crippen molar-refractivity contribution >= 4 is 17.3 Å². The van der Waals surface area contributed by atoms with Crippen LogP contribution in [0.3, 0.4) is 0 Å². The first-order chi connectivity index (χ1) is 13.8. The van der Waals surface area contributed by atoms with E-state index in [-0.39, 0.29) is 17.6 Å². The quantitative estimate of drug-likeness (QED) is 0.738. The SMILES string of the molecule is Cc1cc(-c2cc(N)c(=O)n([C@@H](C)C(=O)N3c4ccccc4C[C@H]3C)n2)c(C)o1. The molecule has 7 nitrogen and oxygen atoms in total. The standard InChI is InChI=1S/C22H24N4O3/c1-12-9-16-7-5-6-8-20(16)25(12)21(27)14(3)26-22(28)18(23)11-19(24-26)17-10-13(2)29-15(17)4/h5-8,10-12,14H,9,23H2,1-4H3/t12-,14+/m1/s1. The van der Waals surface area contributed by atoms with Crippen molar-refractivity contribution in [1.29, 1.82) is 0 Å². The number of fused-ring (bicyclic) bond motifs is 1. The van der Waals surface area contributed by atoms with Crippen LogP contribution in [0.15, 0.2) is 45.6 Å². The van der Waals surface area contributed by atoms with E-state index in [1.807, 2.05) is 51.1 Å². The highest BCUT2D eigenvalue weighted by Crippen LogP contribution is 2.33. The lowest BCUT2D eigenvalue weighted by Crippen LogP contribution is -2.43. The number of rotatable bonds is 3. The molecule has 150 valence electrons. The summed E-state index contributed by atoms with van der Waals surface area (Å²) < 4.78 is 6.76. The number of aryl methyl sites for hydroxylation is 2. The summed E-state index contributed by atoms with van der Waals surface area (Å²) in [6.07, 6.45) is 0.784. The van der Waals surface area contributed by atoms with Gasteiger partial charge in [-0.15, -0.1) is 0 Å². The van der Waals surface area contributed by atoms with E-state index in [4.69, 9.17) is 10.2 Å². The van der Waals surface area contributed by atoms with Crippen molar-refractivity contribution < 1.29 is 9.21 Å². The molecule has 1 aliphatic heterocycles. The zero-order chi connectivity index (χ0) is 20.9. The summed E-state index contributed by atoms with van der Waals surface area (Å²) >= 11 is 0. The maximum Gasteiger partial charge on any atom is 0.290 e. The third kappa shape index (κ3) is 3.12. The second-order valence-corrected chi connectivity index (χ2v) is 7.63. The van der Waals surface area contributed by atoms with Gasteiger partial charge in [0.15, 0.2) is 0 Å². The highest BCUT2D eigenvalue weighted by molar-refractivity contribution is 5.98. The number of nitrogens with two attached hydrogens (primary N) is 1. The number of hydrogen-bond acceptors (Lipinski definition) is 5. The van der Waals surface area contributed by atoms with Crippen molar-refractivity contribution in [2.24, 2.45) is 0 Å². The number of nitrogen functional groups attached to an aromatic ring is 1. The van der Waals surface area contributed by atoms with Crippen molar-refractivity contribution in [2.75, 3.05) is 10.6 Å². The summed E-state index contributed by atoms with van der Waals surface area (Å²) in [5, 5.41) is 4.47. The van der Waals surface area contributed by atoms with Crippen LogP contribution < -0.4 is 16.2 Å². The molecule has 0 fully saturated rings. The smallest absolute Gasteiger partial charge is 0.290 e. The van der Waals surface area contributed by atoms with E-state index < -0.39 is 11.6 Å². The van der Waals surface area contributed by atoms with E-state index >= 15 is 0 Å². The predicted octanol–water partition coefficient (Wildman–Crippen LogP) is 3.24. The Hall–Kier alpha value is -3.35. The monoisotopic (exact) mass is 392 g/mol. The van der Waals surface area contributed by atoms with Crippen LogP contribution in [0.4, 0.5) is 11.4 Å². The Morgan fingerprint density at radius 2 is 2.00 bits per heavy atom. The number of carbonyl (C=O) groups is 1. The average molecular weight is 392 g/mol. The molecule has 29 heavy (non-hydrogen) atoms. The normalized spacial score (nSPS) is 16.7. The van der Waals surface area contributed by atoms with E-state index in [1.54, 1.807) is 11.8 Å². The predicted molar refractivity (Wildman–Crippen MR) is 112 cm³/mol. The van der Waals surface area contributed by atoms with Crippen LogP contribution in [0.1, 0.15) is 37.0 Å². The molecule has 0 unspecified atom stereocenters. The van der Waals surface area contributed by atoms with Crippen LogP contribution >= 0.6 is 0 Å². The number of anilines is 2. The van der Waals surface area contributed by atoms with Gasteiger partial charge in [0, 0.05) is 17.3 Å². The highest BCUT2D eigenvalue weighted by Gasteiger charge is 2.34. The molecule has 3 aromatic rings. The zero-order valence-electron chi connectivity index (χ0n) is 17.0. The van der Waals surface area contributed by atoms with Gasteiger partial charge >= 0.3 is 0 Å². The van der Waals surface area contributed by atoms with Crippen LogP contribution in [0.25, 0.3) is 11.3 Å². The van der Waals surface area contributed by atoms with Gasteiger partial charge < -0.3 is 15.1 Å². The Labute approximate surface area is 168 Å². The minimum atomic E-state index is -0.799. The average Bonchev–Trinajstić information content (AvgIpc) is 3.20. The molecular formula is C22H24N4O3. The molecule has 1 aromatic carbocycles. The van der Waals surface area contributed by atoms with Crippen LogP contribution in [0.5, 0.6) is 0 Å². The fourth-order valence-corrected chi connectivity index (χ4v) is 4.02. The Balaban J connectivity index is 1.76. The summed E-state index contributed by atoms with van der Waals surface area (Å²) in [4.78, 5) is 27.8. The molecule has 0 saturated carbocycles. The van der Waals surface area contributed by atoms with Crippen molar-refractivity contribution in [3.63, 3.8) is 0 Å². The van der Waals surface area contributed by atoms with Crippen LogP contribution in [-0.2, 0) is 11.2 Å². The van der Waals surface area contributed by atoms with Gasteiger partial charge in [-0.05, 0) is 57.9 Å². The summed E-state index contributed by atoms with van der Waals surface area (Å²) in [7, 11) is 0. The first kappa shape index (κ1) is 19.0. The van der Waals surface area contributed by atoms with Crippen molar-refractivity contribution in [3.8, 4) is 11.3 Å². The maximum absolute atomic E-state index is 13.4. The first-order valence-electron chi connectivity index (χ1n) is 9.65. The summed E-state index contributed by atoms with van der Waals surface area (Å²) in [5.74, 6) is 1.23. The van der Waals surface area contributed by atoms with E-state index in [0.717, 1.165) is 29.0 Å². The minimum Gasteiger partial charge on any atom is -0.466 e. The largest absolute Gasteiger partial charge is 0.466 e. The fraction of sp³-hybridized carbons (Fsp3) is 0.318. The molecule has 4 rings (SSSR count). The minimum absolute atomic E-state index is 0.0114. The van der Waals surface area contributed by atoms with Gasteiger partial charge in [0.25, 0.3) is 11.5 Å². The molecule has 3 heterocycles. The van der Waals surface area contributed by atoms with Gasteiger partial charge in [-0.2, -0.15) is 5.10 Å². The second kappa shape index (κ2) is 6.92. The Bertz CT molecular complexity index is 1160. The molecule has 2 aromatic heterocycles. The second-order valence-electron chi connectivity index (χ2n) is 7.63. The zero-order valence-corrected chi connectivity index (χ0v) is 17.0. The van der Waals surface area contributed by atoms with E-state index in [0.29, 0.717) is 11.5 Å². The van der Waals surface area contributed by atoms with E-state index in [2.05, 4.69) is 5.10 Å². The Morgan fingerprint density at radius 3 is 2.69 bits per heavy atom. The van der Waals surface area contributed by atoms with Crippen LogP contribution in [-0.4, -0.2) is 21.7 Å². The summed E-state index contributed by atoms with van der Waals surface area (Å²) in [6.45, 7) is 7.35. The fourth-order valence-electron chi connectivity index (χ4n) is 4.02. The lowest BCUT2D eigenvalue weighted by Gasteiger charge is -2.26. The molecule has 0 saturated heterocycles. The van der Waals surface area contributed by atoms with E-state index in [1.165, 1.54) is 10.7 Å². The number of para-hydroxylation sites is 1. The third-order valence-corrected chi connectivity index (χ3v) is 5.45. The van der Waals surface area contributed by atoms with Crippen molar-refractivity contribution in [3.05, 3.63) is 63.8 Å². The van der Waals surface area contributed by atoms with Gasteiger partial charge in [-0.3, -0.25) is 9.59 Å². The lowest BCUT2D eigenvalue weighted by molar-refractivity contribution is -0.121. The molecule has 2 N–H and O–H groups in total. The number of furan rings is 1. The number of aromatic nitrogens is 2. The molecule has 2 atom stereocenters. The molecule has 0 spiro atoms. The molecule has 0 bridgehead atoms. The van der Waals surface area contributed by atoms with Crippen LogP contribution in [0.2, 0.25) is 0 Å². The Kier molecular flexibility index (Phi) is 4.53. The molecular weight excluding hydrogens is 368 g/mol. The summed E-state index contributed by atoms with van der Waals surface area (Å²) in [6, 6.07) is 10.4. The molecule has 1 amide bonds. The number of benzene rings is 1. The number of nitrogens with zero attached hydrogens (tertiary/aromatic N) is 3. The molecule has 0 radical (unpaired) electrons. The topological polar surface area (TPSA) is 94.4 Å². The van der Waals surface area contributed by atoms with Crippen LogP contribution in [0, 0.1) is 13.8 Å². The highest BCUT2D eigenvalue weighted by atomic mass is 16.3. The number of hydrogen-bond donors (Lipinski definition) is 1. The van der Waals surface area contributed by atoms with Crippen molar-refractivity contribution in [2.45, 2.75) is 46.2 Å². The molecule has 1 aliphatic rings. The van der Waals surface area contributed by atoms with Gasteiger partial charge in [-0.25, -0.2) is 4.68 Å². The van der Waals surface area contributed by atoms with Gasteiger partial charge in [0.2, 0.25) is 0 Å². The first-order valence-corrected chi connectivity index (χ1v) is 9.65. The maximum atomic E-state index is 13.4. The van der Waals surface area contributed by atoms with Gasteiger partial charge in [0.1, 0.15) is 23.2 Å². The molecule has 0 aliphatic carbocycles. The summed E-state index contributed by atoms with van der Waals surface area (Å²) in [5.41, 5.74) is 8.81.